The maximum atomic E-state index is 12.6. The molecule has 112 valence electrons. The molecule has 7 heteroatoms. The highest BCUT2D eigenvalue weighted by molar-refractivity contribution is 8.00. The molecule has 1 saturated heterocycles. The van der Waals surface area contributed by atoms with Crippen LogP contribution in [-0.2, 0) is 9.59 Å². The second kappa shape index (κ2) is 5.48. The van der Waals surface area contributed by atoms with Crippen molar-refractivity contribution < 1.29 is 24.2 Å². The molecule has 21 heavy (non-hydrogen) atoms. The number of hydrogen-bond acceptors (Lipinski definition) is 5. The van der Waals surface area contributed by atoms with Crippen LogP contribution in [0.3, 0.4) is 0 Å². The van der Waals surface area contributed by atoms with Gasteiger partial charge in [0.2, 0.25) is 6.10 Å². The Labute approximate surface area is 126 Å². The van der Waals surface area contributed by atoms with E-state index in [2.05, 4.69) is 0 Å². The first-order valence-electron chi connectivity index (χ1n) is 6.63. The van der Waals surface area contributed by atoms with Gasteiger partial charge in [0.05, 0.1) is 5.37 Å². The second-order valence-electron chi connectivity index (χ2n) is 4.90. The Kier molecular flexibility index (Phi) is 3.67. The molecule has 3 atom stereocenters. The summed E-state index contributed by atoms with van der Waals surface area (Å²) < 4.78 is 11.2. The van der Waals surface area contributed by atoms with E-state index in [0.29, 0.717) is 17.3 Å². The monoisotopic (exact) mass is 309 g/mol. The lowest BCUT2D eigenvalue weighted by molar-refractivity contribution is -0.153. The van der Waals surface area contributed by atoms with Crippen molar-refractivity contribution in [2.24, 2.45) is 0 Å². The molecular weight excluding hydrogens is 294 g/mol. The lowest BCUT2D eigenvalue weighted by Crippen LogP contribution is -2.52. The second-order valence-corrected chi connectivity index (χ2v) is 6.25. The van der Waals surface area contributed by atoms with Gasteiger partial charge in [0.25, 0.3) is 5.91 Å². The van der Waals surface area contributed by atoms with Crippen LogP contribution >= 0.6 is 11.8 Å². The van der Waals surface area contributed by atoms with Gasteiger partial charge in [-0.2, -0.15) is 0 Å². The molecule has 1 aromatic rings. The SMILES string of the molecule is CC1SCC(C(=O)O)N1C(=O)C1COc2ccccc2O1. The summed E-state index contributed by atoms with van der Waals surface area (Å²) in [6.45, 7) is 1.92. The molecule has 0 spiro atoms. The minimum atomic E-state index is -0.989. The third kappa shape index (κ3) is 2.53. The van der Waals surface area contributed by atoms with Crippen LogP contribution in [0.4, 0.5) is 0 Å². The molecule has 1 aromatic carbocycles. The zero-order valence-corrected chi connectivity index (χ0v) is 12.2. The lowest BCUT2D eigenvalue weighted by atomic mass is 10.2. The first kappa shape index (κ1) is 14.1. The molecular formula is C14H15NO5S. The fourth-order valence-electron chi connectivity index (χ4n) is 2.47. The molecule has 6 nitrogen and oxygen atoms in total. The number of nitrogens with zero attached hydrogens (tertiary/aromatic N) is 1. The maximum absolute atomic E-state index is 12.6. The minimum absolute atomic E-state index is 0.0933. The fraction of sp³-hybridized carbons (Fsp3) is 0.429. The molecule has 2 heterocycles. The van der Waals surface area contributed by atoms with Crippen LogP contribution < -0.4 is 9.47 Å². The van der Waals surface area contributed by atoms with Gasteiger partial charge in [-0.25, -0.2) is 4.79 Å². The number of aliphatic carboxylic acids is 1. The summed E-state index contributed by atoms with van der Waals surface area (Å²) in [5.74, 6) is 0.173. The van der Waals surface area contributed by atoms with Gasteiger partial charge in [0, 0.05) is 5.75 Å². The van der Waals surface area contributed by atoms with Crippen LogP contribution in [0.1, 0.15) is 6.92 Å². The number of hydrogen-bond donors (Lipinski definition) is 1. The molecule has 0 bridgehead atoms. The summed E-state index contributed by atoms with van der Waals surface area (Å²) in [6.07, 6.45) is -0.803. The first-order valence-corrected chi connectivity index (χ1v) is 7.68. The molecule has 0 aliphatic carbocycles. The Bertz CT molecular complexity index is 578. The van der Waals surface area contributed by atoms with Crippen LogP contribution in [-0.4, -0.2) is 51.8 Å². The van der Waals surface area contributed by atoms with E-state index < -0.39 is 18.1 Å². The summed E-state index contributed by atoms with van der Waals surface area (Å²) in [7, 11) is 0. The predicted molar refractivity (Wildman–Crippen MR) is 76.5 cm³/mol. The van der Waals surface area contributed by atoms with E-state index in [4.69, 9.17) is 9.47 Å². The average Bonchev–Trinajstić information content (AvgIpc) is 2.88. The van der Waals surface area contributed by atoms with E-state index in [1.54, 1.807) is 18.2 Å². The zero-order valence-electron chi connectivity index (χ0n) is 11.4. The van der Waals surface area contributed by atoms with Crippen LogP contribution in [0.15, 0.2) is 24.3 Å². The number of carbonyl (C=O) groups is 2. The highest BCUT2D eigenvalue weighted by Gasteiger charge is 2.43. The van der Waals surface area contributed by atoms with E-state index >= 15 is 0 Å². The molecule has 0 radical (unpaired) electrons. The van der Waals surface area contributed by atoms with Crippen LogP contribution in [0.2, 0.25) is 0 Å². The van der Waals surface area contributed by atoms with Gasteiger partial charge in [0.1, 0.15) is 12.6 Å². The van der Waals surface area contributed by atoms with Crippen molar-refractivity contribution in [2.45, 2.75) is 24.4 Å². The number of carboxylic acids is 1. The number of carbonyl (C=O) groups excluding carboxylic acids is 1. The molecule has 0 saturated carbocycles. The predicted octanol–water partition coefficient (Wildman–Crippen LogP) is 1.20. The number of rotatable bonds is 2. The average molecular weight is 309 g/mol. The highest BCUT2D eigenvalue weighted by atomic mass is 32.2. The van der Waals surface area contributed by atoms with Gasteiger partial charge in [0.15, 0.2) is 11.5 Å². The number of benzene rings is 1. The molecule has 0 aromatic heterocycles. The van der Waals surface area contributed by atoms with Gasteiger partial charge < -0.3 is 19.5 Å². The van der Waals surface area contributed by atoms with Crippen LogP contribution in [0.25, 0.3) is 0 Å². The molecule has 3 rings (SSSR count). The number of para-hydroxylation sites is 2. The fourth-order valence-corrected chi connectivity index (χ4v) is 3.65. The van der Waals surface area contributed by atoms with Gasteiger partial charge in [-0.15, -0.1) is 11.8 Å². The van der Waals surface area contributed by atoms with E-state index in [1.165, 1.54) is 16.7 Å². The Balaban J connectivity index is 1.78. The maximum Gasteiger partial charge on any atom is 0.327 e. The Hall–Kier alpha value is -1.89. The van der Waals surface area contributed by atoms with Gasteiger partial charge in [-0.1, -0.05) is 12.1 Å². The molecule has 2 aliphatic heterocycles. The molecule has 1 fully saturated rings. The number of ether oxygens (including phenoxy) is 2. The third-order valence-electron chi connectivity index (χ3n) is 3.55. The van der Waals surface area contributed by atoms with Crippen LogP contribution in [0.5, 0.6) is 11.5 Å². The Morgan fingerprint density at radius 1 is 1.33 bits per heavy atom. The van der Waals surface area contributed by atoms with Crippen molar-refractivity contribution in [1.82, 2.24) is 4.90 Å². The van der Waals surface area contributed by atoms with Gasteiger partial charge in [-0.3, -0.25) is 4.79 Å². The van der Waals surface area contributed by atoms with E-state index in [1.807, 2.05) is 13.0 Å². The van der Waals surface area contributed by atoms with Crippen LogP contribution in [0, 0.1) is 0 Å². The Morgan fingerprint density at radius 3 is 2.76 bits per heavy atom. The van der Waals surface area contributed by atoms with Gasteiger partial charge >= 0.3 is 5.97 Å². The molecule has 1 amide bonds. The summed E-state index contributed by atoms with van der Waals surface area (Å²) in [6, 6.07) is 6.31. The topological polar surface area (TPSA) is 76.1 Å². The molecule has 1 N–H and O–H groups in total. The van der Waals surface area contributed by atoms with Gasteiger partial charge in [-0.05, 0) is 19.1 Å². The normalized spacial score (nSPS) is 27.5. The summed E-state index contributed by atoms with van der Waals surface area (Å²) >= 11 is 1.45. The van der Waals surface area contributed by atoms with E-state index in [0.717, 1.165) is 0 Å². The zero-order chi connectivity index (χ0) is 15.0. The minimum Gasteiger partial charge on any atom is -0.485 e. The van der Waals surface area contributed by atoms with Crippen molar-refractivity contribution in [2.75, 3.05) is 12.4 Å². The summed E-state index contributed by atoms with van der Waals surface area (Å²) in [5, 5.41) is 9.05. The largest absolute Gasteiger partial charge is 0.485 e. The third-order valence-corrected chi connectivity index (χ3v) is 4.76. The van der Waals surface area contributed by atoms with Crippen molar-refractivity contribution in [1.29, 1.82) is 0 Å². The summed E-state index contributed by atoms with van der Waals surface area (Å²) in [4.78, 5) is 25.2. The molecule has 2 aliphatic rings. The van der Waals surface area contributed by atoms with Crippen molar-refractivity contribution in [3.05, 3.63) is 24.3 Å². The Morgan fingerprint density at radius 2 is 2.05 bits per heavy atom. The van der Waals surface area contributed by atoms with E-state index in [-0.39, 0.29) is 17.9 Å². The standard InChI is InChI=1S/C14H15NO5S/c1-8-15(9(7-21-8)14(17)18)13(16)12-6-19-10-4-2-3-5-11(10)20-12/h2-5,8-9,12H,6-7H2,1H3,(H,17,18). The quantitative estimate of drug-likeness (QED) is 0.885. The van der Waals surface area contributed by atoms with Crippen molar-refractivity contribution in [3.8, 4) is 11.5 Å². The number of amides is 1. The first-order chi connectivity index (χ1) is 10.1. The lowest BCUT2D eigenvalue weighted by Gasteiger charge is -2.32. The van der Waals surface area contributed by atoms with E-state index in [9.17, 15) is 14.7 Å². The van der Waals surface area contributed by atoms with Crippen molar-refractivity contribution >= 4 is 23.6 Å². The summed E-state index contributed by atoms with van der Waals surface area (Å²) in [5.41, 5.74) is 0. The number of carboxylic acid groups (broad SMARTS) is 1. The van der Waals surface area contributed by atoms with Crippen molar-refractivity contribution in [3.63, 3.8) is 0 Å². The smallest absolute Gasteiger partial charge is 0.327 e. The molecule has 3 unspecified atom stereocenters. The number of thioether (sulfide) groups is 1. The highest BCUT2D eigenvalue weighted by Crippen LogP contribution is 2.34. The number of fused-ring (bicyclic) bond motifs is 1.